The second-order valence-corrected chi connectivity index (χ2v) is 6.43. The Labute approximate surface area is 150 Å². The minimum atomic E-state index is -4.44. The minimum Gasteiger partial charge on any atom is -0.399 e. The van der Waals surface area contributed by atoms with E-state index in [-0.39, 0.29) is 10.4 Å². The third-order valence-electron chi connectivity index (χ3n) is 3.77. The summed E-state index contributed by atoms with van der Waals surface area (Å²) in [5.41, 5.74) is 8.15. The van der Waals surface area contributed by atoms with Crippen molar-refractivity contribution in [3.63, 3.8) is 0 Å². The fourth-order valence-corrected chi connectivity index (χ4v) is 3.26. The number of nitrogens with one attached hydrogen (secondary N) is 2. The maximum absolute atomic E-state index is 12.8. The molecule has 25 heavy (non-hydrogen) atoms. The summed E-state index contributed by atoms with van der Waals surface area (Å²) in [6.45, 7) is 1.68. The molecule has 0 saturated carbocycles. The molecule has 1 aliphatic heterocycles. The first kappa shape index (κ1) is 17.3. The van der Waals surface area contributed by atoms with E-state index in [1.165, 1.54) is 12.1 Å². The summed E-state index contributed by atoms with van der Waals surface area (Å²) in [6, 6.07) is 8.67. The van der Waals surface area contributed by atoms with Gasteiger partial charge in [0.05, 0.1) is 11.1 Å². The Balaban J connectivity index is 1.96. The Bertz CT molecular complexity index is 906. The van der Waals surface area contributed by atoms with Gasteiger partial charge >= 0.3 is 6.18 Å². The van der Waals surface area contributed by atoms with Crippen LogP contribution in [0.3, 0.4) is 0 Å². The summed E-state index contributed by atoms with van der Waals surface area (Å²) in [6.07, 6.45) is -4.44. The van der Waals surface area contributed by atoms with E-state index in [4.69, 9.17) is 5.73 Å². The van der Waals surface area contributed by atoms with Crippen molar-refractivity contribution in [2.24, 2.45) is 0 Å². The van der Waals surface area contributed by atoms with Crippen LogP contribution in [0.4, 0.5) is 30.2 Å². The summed E-state index contributed by atoms with van der Waals surface area (Å²) in [7, 11) is 0. The molecule has 2 aromatic carbocycles. The Hall–Kier alpha value is -2.48. The van der Waals surface area contributed by atoms with E-state index >= 15 is 0 Å². The highest BCUT2D eigenvalue weighted by Gasteiger charge is 2.33. The van der Waals surface area contributed by atoms with Crippen molar-refractivity contribution in [3.8, 4) is 0 Å². The molecule has 4 nitrogen and oxygen atoms in total. The zero-order valence-corrected chi connectivity index (χ0v) is 14.5. The number of nitrogens with two attached hydrogens (primary N) is 1. The van der Waals surface area contributed by atoms with Crippen LogP contribution in [0.5, 0.6) is 0 Å². The summed E-state index contributed by atoms with van der Waals surface area (Å²) in [4.78, 5) is 12.2. The second kappa shape index (κ2) is 6.11. The first-order chi connectivity index (χ1) is 11.7. The monoisotopic (exact) mass is 411 g/mol. The van der Waals surface area contributed by atoms with Crippen molar-refractivity contribution in [2.75, 3.05) is 16.4 Å². The average molecular weight is 412 g/mol. The second-order valence-electron chi connectivity index (χ2n) is 5.58. The Morgan fingerprint density at radius 2 is 1.92 bits per heavy atom. The van der Waals surface area contributed by atoms with Gasteiger partial charge in [-0.2, -0.15) is 13.2 Å². The molecule has 0 aromatic heterocycles. The van der Waals surface area contributed by atoms with Gasteiger partial charge in [0.15, 0.2) is 0 Å². The molecule has 0 unspecified atom stereocenters. The number of rotatable bonds is 2. The van der Waals surface area contributed by atoms with Gasteiger partial charge in [-0.3, -0.25) is 4.79 Å². The SMILES string of the molecule is CC(Nc1ccc(C(F)(F)F)c(Br)c1)=C1C(=O)Nc2ccc(N)cc21. The number of halogens is 4. The third-order valence-corrected chi connectivity index (χ3v) is 4.43. The van der Waals surface area contributed by atoms with Crippen LogP contribution in [-0.2, 0) is 11.0 Å². The minimum absolute atomic E-state index is 0.0803. The highest BCUT2D eigenvalue weighted by molar-refractivity contribution is 9.10. The fourth-order valence-electron chi connectivity index (χ4n) is 2.66. The van der Waals surface area contributed by atoms with Crippen molar-refractivity contribution in [3.05, 3.63) is 57.7 Å². The Morgan fingerprint density at radius 3 is 2.56 bits per heavy atom. The highest BCUT2D eigenvalue weighted by atomic mass is 79.9. The van der Waals surface area contributed by atoms with Gasteiger partial charge in [0, 0.05) is 32.8 Å². The maximum atomic E-state index is 12.8. The molecule has 1 amide bonds. The molecule has 1 heterocycles. The van der Waals surface area contributed by atoms with Crippen LogP contribution in [0.2, 0.25) is 0 Å². The standard InChI is InChI=1S/C17H13BrF3N3O/c1-8(15-11-6-9(22)2-5-14(11)24-16(15)25)23-10-3-4-12(13(18)7-10)17(19,20)21/h2-7,23H,22H2,1H3,(H,24,25). The Kier molecular flexibility index (Phi) is 4.24. The van der Waals surface area contributed by atoms with E-state index in [9.17, 15) is 18.0 Å². The fraction of sp³-hybridized carbons (Fsp3) is 0.118. The van der Waals surface area contributed by atoms with Gasteiger partial charge < -0.3 is 16.4 Å². The largest absolute Gasteiger partial charge is 0.417 e. The number of nitrogen functional groups attached to an aromatic ring is 1. The zero-order valence-electron chi connectivity index (χ0n) is 13.0. The van der Waals surface area contributed by atoms with Crippen LogP contribution in [0.25, 0.3) is 5.57 Å². The smallest absolute Gasteiger partial charge is 0.399 e. The van der Waals surface area contributed by atoms with Crippen molar-refractivity contribution < 1.29 is 18.0 Å². The van der Waals surface area contributed by atoms with Gasteiger partial charge in [-0.15, -0.1) is 0 Å². The van der Waals surface area contributed by atoms with E-state index in [0.29, 0.717) is 33.9 Å². The van der Waals surface area contributed by atoms with Crippen LogP contribution >= 0.6 is 15.9 Å². The molecule has 3 rings (SSSR count). The number of allylic oxidation sites excluding steroid dienone is 1. The van der Waals surface area contributed by atoms with Crippen LogP contribution in [0.15, 0.2) is 46.6 Å². The maximum Gasteiger partial charge on any atom is 0.417 e. The van der Waals surface area contributed by atoms with Gasteiger partial charge in [-0.05, 0) is 43.3 Å². The molecular weight excluding hydrogens is 399 g/mol. The summed E-state index contributed by atoms with van der Waals surface area (Å²) in [5, 5.41) is 5.71. The average Bonchev–Trinajstić information content (AvgIpc) is 2.81. The first-order valence-corrected chi connectivity index (χ1v) is 8.02. The van der Waals surface area contributed by atoms with E-state index in [1.807, 2.05) is 0 Å². The normalized spacial score (nSPS) is 15.6. The number of carbonyl (C=O) groups excluding carboxylic acids is 1. The van der Waals surface area contributed by atoms with Gasteiger partial charge in [-0.25, -0.2) is 0 Å². The number of carbonyl (C=O) groups is 1. The van der Waals surface area contributed by atoms with Crippen LogP contribution in [0, 0.1) is 0 Å². The van der Waals surface area contributed by atoms with Crippen molar-refractivity contribution >= 4 is 44.5 Å². The first-order valence-electron chi connectivity index (χ1n) is 7.22. The lowest BCUT2D eigenvalue weighted by atomic mass is 10.0. The molecule has 0 radical (unpaired) electrons. The lowest BCUT2D eigenvalue weighted by molar-refractivity contribution is -0.138. The van der Waals surface area contributed by atoms with E-state index in [1.54, 1.807) is 25.1 Å². The number of hydrogen-bond acceptors (Lipinski definition) is 3. The molecule has 2 aromatic rings. The molecular formula is C17H13BrF3N3O. The van der Waals surface area contributed by atoms with Gasteiger partial charge in [0.1, 0.15) is 0 Å². The topological polar surface area (TPSA) is 67.2 Å². The molecule has 130 valence electrons. The van der Waals surface area contributed by atoms with Gasteiger partial charge in [0.2, 0.25) is 0 Å². The lowest BCUT2D eigenvalue weighted by Crippen LogP contribution is -2.09. The molecule has 4 N–H and O–H groups in total. The molecule has 0 atom stereocenters. The van der Waals surface area contributed by atoms with E-state index in [2.05, 4.69) is 26.6 Å². The number of benzene rings is 2. The van der Waals surface area contributed by atoms with Crippen molar-refractivity contribution in [1.82, 2.24) is 0 Å². The lowest BCUT2D eigenvalue weighted by Gasteiger charge is -2.13. The molecule has 1 aliphatic rings. The van der Waals surface area contributed by atoms with Crippen LogP contribution < -0.4 is 16.4 Å². The quantitative estimate of drug-likeness (QED) is 0.488. The number of amides is 1. The summed E-state index contributed by atoms with van der Waals surface area (Å²) >= 11 is 2.93. The number of alkyl halides is 3. The number of anilines is 3. The number of hydrogen-bond donors (Lipinski definition) is 3. The molecule has 0 fully saturated rings. The summed E-state index contributed by atoms with van der Waals surface area (Å²) in [5.74, 6) is -0.295. The predicted octanol–water partition coefficient (Wildman–Crippen LogP) is 4.85. The third kappa shape index (κ3) is 3.34. The van der Waals surface area contributed by atoms with Gasteiger partial charge in [-0.1, -0.05) is 15.9 Å². The van der Waals surface area contributed by atoms with Gasteiger partial charge in [0.25, 0.3) is 5.91 Å². The van der Waals surface area contributed by atoms with E-state index in [0.717, 1.165) is 6.07 Å². The molecule has 0 aliphatic carbocycles. The molecule has 8 heteroatoms. The summed E-state index contributed by atoms with van der Waals surface area (Å²) < 4.78 is 38.4. The molecule has 0 saturated heterocycles. The zero-order chi connectivity index (χ0) is 18.4. The van der Waals surface area contributed by atoms with Crippen LogP contribution in [0.1, 0.15) is 18.1 Å². The van der Waals surface area contributed by atoms with E-state index < -0.39 is 11.7 Å². The molecule has 0 bridgehead atoms. The van der Waals surface area contributed by atoms with Crippen LogP contribution in [-0.4, -0.2) is 5.91 Å². The molecule has 0 spiro atoms. The van der Waals surface area contributed by atoms with Crippen molar-refractivity contribution in [2.45, 2.75) is 13.1 Å². The predicted molar refractivity (Wildman–Crippen MR) is 94.8 cm³/mol. The Morgan fingerprint density at radius 1 is 1.20 bits per heavy atom. The number of fused-ring (bicyclic) bond motifs is 1. The van der Waals surface area contributed by atoms with Crippen molar-refractivity contribution in [1.29, 1.82) is 0 Å². The highest BCUT2D eigenvalue weighted by Crippen LogP contribution is 2.38.